The van der Waals surface area contributed by atoms with Gasteiger partial charge in [-0.1, -0.05) is 6.07 Å². The molecule has 2 rings (SSSR count). The maximum atomic E-state index is 12.7. The Kier molecular flexibility index (Phi) is 6.75. The lowest BCUT2D eigenvalue weighted by molar-refractivity contribution is 0.163. The van der Waals surface area contributed by atoms with Gasteiger partial charge in [-0.05, 0) is 64.2 Å². The van der Waals surface area contributed by atoms with Crippen molar-refractivity contribution in [2.24, 2.45) is 5.92 Å². The van der Waals surface area contributed by atoms with Crippen LogP contribution in [0.3, 0.4) is 0 Å². The van der Waals surface area contributed by atoms with E-state index in [0.717, 1.165) is 18.4 Å². The van der Waals surface area contributed by atoms with E-state index in [1.807, 2.05) is 33.8 Å². The van der Waals surface area contributed by atoms with Crippen molar-refractivity contribution in [3.63, 3.8) is 0 Å². The van der Waals surface area contributed by atoms with Crippen LogP contribution in [0.1, 0.15) is 39.2 Å². The van der Waals surface area contributed by atoms with Gasteiger partial charge in [0.1, 0.15) is 10.6 Å². The van der Waals surface area contributed by atoms with Crippen LogP contribution in [0.4, 0.5) is 4.79 Å². The van der Waals surface area contributed by atoms with Crippen molar-refractivity contribution in [1.82, 2.24) is 14.9 Å². The highest BCUT2D eigenvalue weighted by atomic mass is 32.2. The van der Waals surface area contributed by atoms with Crippen LogP contribution in [0, 0.1) is 12.8 Å². The molecule has 1 heterocycles. The molecule has 8 heteroatoms. The Bertz CT molecular complexity index is 764. The number of sulfonamides is 1. The fraction of sp³-hybridized carbons (Fsp3) is 0.632. The van der Waals surface area contributed by atoms with Crippen molar-refractivity contribution in [1.29, 1.82) is 0 Å². The first-order valence-electron chi connectivity index (χ1n) is 9.23. The summed E-state index contributed by atoms with van der Waals surface area (Å²) in [5.41, 5.74) is 0.588. The number of nitrogens with one attached hydrogen (secondary N) is 2. The number of hydrogen-bond donors (Lipinski definition) is 2. The maximum Gasteiger partial charge on any atom is 0.317 e. The number of aryl methyl sites for hydroxylation is 1. The molecule has 0 unspecified atom stereocenters. The lowest BCUT2D eigenvalue weighted by Gasteiger charge is -2.34. The third kappa shape index (κ3) is 6.10. The van der Waals surface area contributed by atoms with E-state index in [9.17, 15) is 13.2 Å². The number of likely N-dealkylation sites (tertiary alicyclic amines) is 1. The number of ether oxygens (including phenoxy) is 1. The SMILES string of the molecule is COc1ccc(C)cc1S(=O)(=O)NCC1CCN(C(=O)NC(C)(C)C)CC1. The highest BCUT2D eigenvalue weighted by Gasteiger charge is 2.27. The van der Waals surface area contributed by atoms with Crippen molar-refractivity contribution < 1.29 is 17.9 Å². The molecule has 152 valence electrons. The van der Waals surface area contributed by atoms with Gasteiger partial charge in [-0.25, -0.2) is 17.9 Å². The Morgan fingerprint density at radius 1 is 1.26 bits per heavy atom. The molecule has 2 amide bonds. The fourth-order valence-electron chi connectivity index (χ4n) is 3.04. The van der Waals surface area contributed by atoms with Gasteiger partial charge in [-0.2, -0.15) is 0 Å². The smallest absolute Gasteiger partial charge is 0.317 e. The molecule has 1 aliphatic heterocycles. The van der Waals surface area contributed by atoms with E-state index in [2.05, 4.69) is 10.0 Å². The average molecular weight is 398 g/mol. The summed E-state index contributed by atoms with van der Waals surface area (Å²) in [6, 6.07) is 5.03. The molecule has 1 aromatic carbocycles. The highest BCUT2D eigenvalue weighted by Crippen LogP contribution is 2.25. The minimum absolute atomic E-state index is 0.0639. The van der Waals surface area contributed by atoms with Crippen LogP contribution in [-0.4, -0.2) is 51.6 Å². The molecule has 1 aliphatic rings. The number of methoxy groups -OCH3 is 1. The minimum Gasteiger partial charge on any atom is -0.495 e. The Labute approximate surface area is 162 Å². The highest BCUT2D eigenvalue weighted by molar-refractivity contribution is 7.89. The molecular formula is C19H31N3O4S. The number of carbonyl (C=O) groups excluding carboxylic acids is 1. The first-order valence-corrected chi connectivity index (χ1v) is 10.7. The van der Waals surface area contributed by atoms with Gasteiger partial charge in [-0.15, -0.1) is 0 Å². The van der Waals surface area contributed by atoms with Crippen molar-refractivity contribution in [2.45, 2.75) is 51.0 Å². The maximum absolute atomic E-state index is 12.7. The molecule has 0 saturated carbocycles. The molecule has 1 saturated heterocycles. The van der Waals surface area contributed by atoms with Crippen LogP contribution in [0.25, 0.3) is 0 Å². The molecule has 1 fully saturated rings. The number of benzene rings is 1. The largest absolute Gasteiger partial charge is 0.495 e. The van der Waals surface area contributed by atoms with Gasteiger partial charge >= 0.3 is 6.03 Å². The number of carbonyl (C=O) groups is 1. The molecule has 0 aliphatic carbocycles. The second-order valence-electron chi connectivity index (χ2n) is 8.12. The van der Waals surface area contributed by atoms with Gasteiger partial charge in [0.25, 0.3) is 0 Å². The number of rotatable bonds is 5. The fourth-order valence-corrected chi connectivity index (χ4v) is 4.41. The molecular weight excluding hydrogens is 366 g/mol. The summed E-state index contributed by atoms with van der Waals surface area (Å²) < 4.78 is 33.2. The summed E-state index contributed by atoms with van der Waals surface area (Å²) in [6.07, 6.45) is 1.54. The van der Waals surface area contributed by atoms with Crippen LogP contribution in [-0.2, 0) is 10.0 Å². The van der Waals surface area contributed by atoms with Crippen molar-refractivity contribution in [3.05, 3.63) is 23.8 Å². The van der Waals surface area contributed by atoms with Crippen LogP contribution in [0.2, 0.25) is 0 Å². The van der Waals surface area contributed by atoms with Gasteiger partial charge in [0, 0.05) is 25.2 Å². The predicted molar refractivity (Wildman–Crippen MR) is 106 cm³/mol. The van der Waals surface area contributed by atoms with Crippen molar-refractivity contribution in [3.8, 4) is 5.75 Å². The summed E-state index contributed by atoms with van der Waals surface area (Å²) in [4.78, 5) is 14.2. The van der Waals surface area contributed by atoms with E-state index in [1.165, 1.54) is 7.11 Å². The zero-order valence-electron chi connectivity index (χ0n) is 16.8. The molecule has 0 radical (unpaired) electrons. The number of nitrogens with zero attached hydrogens (tertiary/aromatic N) is 1. The van der Waals surface area contributed by atoms with Crippen LogP contribution in [0.15, 0.2) is 23.1 Å². The van der Waals surface area contributed by atoms with Crippen LogP contribution < -0.4 is 14.8 Å². The lowest BCUT2D eigenvalue weighted by atomic mass is 9.97. The summed E-state index contributed by atoms with van der Waals surface area (Å²) in [5.74, 6) is 0.538. The predicted octanol–water partition coefficient (Wildman–Crippen LogP) is 2.50. The standard InChI is InChI=1S/C19H31N3O4S/c1-14-6-7-16(26-5)17(12-14)27(24,25)20-13-15-8-10-22(11-9-15)18(23)21-19(2,3)4/h6-7,12,15,20H,8-11,13H2,1-5H3,(H,21,23). The third-order valence-electron chi connectivity index (χ3n) is 4.55. The molecule has 27 heavy (non-hydrogen) atoms. The number of piperidine rings is 1. The zero-order chi connectivity index (χ0) is 20.2. The van der Waals surface area contributed by atoms with Crippen LogP contribution in [0.5, 0.6) is 5.75 Å². The third-order valence-corrected chi connectivity index (χ3v) is 6.00. The first-order chi connectivity index (χ1) is 12.5. The molecule has 1 aromatic rings. The average Bonchev–Trinajstić information content (AvgIpc) is 2.59. The molecule has 0 bridgehead atoms. The van der Waals surface area contributed by atoms with E-state index in [4.69, 9.17) is 4.74 Å². The van der Waals surface area contributed by atoms with Gasteiger partial charge < -0.3 is 15.0 Å². The summed E-state index contributed by atoms with van der Waals surface area (Å²) in [5, 5.41) is 2.96. The van der Waals surface area contributed by atoms with E-state index < -0.39 is 10.0 Å². The van der Waals surface area contributed by atoms with E-state index in [0.29, 0.717) is 25.4 Å². The topological polar surface area (TPSA) is 87.7 Å². The Morgan fingerprint density at radius 3 is 2.44 bits per heavy atom. The Balaban J connectivity index is 1.91. The van der Waals surface area contributed by atoms with Crippen molar-refractivity contribution >= 4 is 16.1 Å². The molecule has 0 atom stereocenters. The van der Waals surface area contributed by atoms with E-state index in [-0.39, 0.29) is 22.4 Å². The molecule has 0 spiro atoms. The summed E-state index contributed by atoms with van der Waals surface area (Å²) in [7, 11) is -2.19. The summed E-state index contributed by atoms with van der Waals surface area (Å²) >= 11 is 0. The normalized spacial score (nSPS) is 16.3. The number of hydrogen-bond acceptors (Lipinski definition) is 4. The summed E-state index contributed by atoms with van der Waals surface area (Å²) in [6.45, 7) is 9.30. The van der Waals surface area contributed by atoms with Gasteiger partial charge in [0.15, 0.2) is 0 Å². The number of urea groups is 1. The van der Waals surface area contributed by atoms with Gasteiger partial charge in [-0.3, -0.25) is 0 Å². The zero-order valence-corrected chi connectivity index (χ0v) is 17.6. The Hall–Kier alpha value is -1.80. The Morgan fingerprint density at radius 2 is 1.89 bits per heavy atom. The molecule has 2 N–H and O–H groups in total. The van der Waals surface area contributed by atoms with E-state index >= 15 is 0 Å². The van der Waals surface area contributed by atoms with Crippen LogP contribution >= 0.6 is 0 Å². The molecule has 0 aromatic heterocycles. The second-order valence-corrected chi connectivity index (χ2v) is 9.85. The second kappa shape index (κ2) is 8.48. The van der Waals surface area contributed by atoms with E-state index in [1.54, 1.807) is 17.0 Å². The van der Waals surface area contributed by atoms with Crippen molar-refractivity contribution in [2.75, 3.05) is 26.7 Å². The number of amides is 2. The monoisotopic (exact) mass is 397 g/mol. The van der Waals surface area contributed by atoms with Gasteiger partial charge in [0.05, 0.1) is 7.11 Å². The first kappa shape index (κ1) is 21.5. The quantitative estimate of drug-likeness (QED) is 0.799. The molecule has 7 nitrogen and oxygen atoms in total. The van der Waals surface area contributed by atoms with Gasteiger partial charge in [0.2, 0.25) is 10.0 Å². The lowest BCUT2D eigenvalue weighted by Crippen LogP contribution is -2.51. The minimum atomic E-state index is -3.65.